The van der Waals surface area contributed by atoms with Crippen LogP contribution in [0.2, 0.25) is 0 Å². The summed E-state index contributed by atoms with van der Waals surface area (Å²) in [6, 6.07) is 10.6. The van der Waals surface area contributed by atoms with Crippen LogP contribution < -0.4 is 5.73 Å². The largest absolute Gasteiger partial charge is 0.505 e. The first-order chi connectivity index (χ1) is 26.6. The van der Waals surface area contributed by atoms with Crippen LogP contribution in [-0.2, 0) is 50.6 Å². The molecule has 0 bridgehead atoms. The van der Waals surface area contributed by atoms with E-state index in [-0.39, 0.29) is 11.4 Å². The zero-order valence-electron chi connectivity index (χ0n) is 28.9. The zero-order valence-corrected chi connectivity index (χ0v) is 33.0. The number of hydrogen-bond acceptors (Lipinski definition) is 18. The third-order valence-corrected chi connectivity index (χ3v) is 12.1. The van der Waals surface area contributed by atoms with E-state index >= 15 is 0 Å². The molecule has 0 atom stereocenters. The van der Waals surface area contributed by atoms with Gasteiger partial charge in [0.15, 0.2) is 5.75 Å². The predicted octanol–water partition coefficient (Wildman–Crippen LogP) is 6.22. The maximum absolute atomic E-state index is 12.5. The average Bonchev–Trinajstić information content (AvgIpc) is 3.08. The van der Waals surface area contributed by atoms with E-state index < -0.39 is 120 Å². The normalized spacial score (nSPS) is 13.4. The molecule has 0 fully saturated rings. The second-order valence-electron chi connectivity index (χ2n) is 11.8. The van der Waals surface area contributed by atoms with E-state index in [1.807, 2.05) is 0 Å². The van der Waals surface area contributed by atoms with Crippen LogP contribution in [0.25, 0.3) is 10.8 Å². The SMILES string of the molecule is Cc1ccc(N=Nc2c(S(=O)(=O)O)cc3c(S(=O)(=O)O)cc(N=Nc4ccc(N=Nc5ccc(S(=O)(=O)O)cc5S(=O)(=O)O)c(C)c4)c(N)c3c2O)c(S(=O)(=O)O)c1. The Hall–Kier alpha value is -5.69. The number of phenols is 1. The van der Waals surface area contributed by atoms with E-state index in [1.165, 1.54) is 38.1 Å². The van der Waals surface area contributed by atoms with Gasteiger partial charge >= 0.3 is 0 Å². The molecular formula is C30H25N7O16S5. The molecular weight excluding hydrogens is 875 g/mol. The quantitative estimate of drug-likeness (QED) is 0.0439. The van der Waals surface area contributed by atoms with Crippen molar-refractivity contribution in [3.05, 3.63) is 77.9 Å². The van der Waals surface area contributed by atoms with Gasteiger partial charge in [0.1, 0.15) is 42.3 Å². The summed E-state index contributed by atoms with van der Waals surface area (Å²) in [6.45, 7) is 2.96. The topological polar surface area (TPSA) is 392 Å². The number of aryl methyl sites for hydroxylation is 2. The first kappa shape index (κ1) is 43.4. The van der Waals surface area contributed by atoms with Crippen molar-refractivity contribution in [3.63, 3.8) is 0 Å². The molecule has 28 heteroatoms. The van der Waals surface area contributed by atoms with Gasteiger partial charge in [-0.15, -0.1) is 20.5 Å². The zero-order chi connectivity index (χ0) is 43.3. The van der Waals surface area contributed by atoms with Crippen molar-refractivity contribution < 1.29 is 70.0 Å². The smallest absolute Gasteiger partial charge is 0.296 e. The van der Waals surface area contributed by atoms with Crippen LogP contribution in [0.15, 0.2) is 122 Å². The number of anilines is 1. The van der Waals surface area contributed by atoms with Gasteiger partial charge in [-0.25, -0.2) is 0 Å². The molecule has 0 saturated heterocycles. The van der Waals surface area contributed by atoms with Crippen molar-refractivity contribution in [2.24, 2.45) is 30.7 Å². The minimum atomic E-state index is -5.40. The van der Waals surface area contributed by atoms with Gasteiger partial charge in [-0.1, -0.05) is 6.07 Å². The molecule has 23 nitrogen and oxygen atoms in total. The van der Waals surface area contributed by atoms with E-state index in [4.69, 9.17) is 5.73 Å². The summed E-state index contributed by atoms with van der Waals surface area (Å²) < 4.78 is 169. The highest BCUT2D eigenvalue weighted by molar-refractivity contribution is 7.87. The van der Waals surface area contributed by atoms with Crippen LogP contribution in [0.5, 0.6) is 5.75 Å². The second-order valence-corrected chi connectivity index (χ2v) is 18.8. The third-order valence-electron chi connectivity index (χ3n) is 7.75. The fraction of sp³-hybridized carbons (Fsp3) is 0.0667. The predicted molar refractivity (Wildman–Crippen MR) is 200 cm³/mol. The van der Waals surface area contributed by atoms with Crippen LogP contribution in [0.3, 0.4) is 0 Å². The highest BCUT2D eigenvalue weighted by Gasteiger charge is 2.29. The molecule has 0 radical (unpaired) electrons. The fourth-order valence-electron chi connectivity index (χ4n) is 5.09. The lowest BCUT2D eigenvalue weighted by Crippen LogP contribution is -2.04. The second kappa shape index (κ2) is 15.2. The minimum absolute atomic E-state index is 0.0219. The molecule has 8 N–H and O–H groups in total. The van der Waals surface area contributed by atoms with Gasteiger partial charge < -0.3 is 10.8 Å². The van der Waals surface area contributed by atoms with Crippen molar-refractivity contribution in [1.29, 1.82) is 0 Å². The Morgan fingerprint density at radius 1 is 0.483 bits per heavy atom. The molecule has 0 heterocycles. The molecule has 0 saturated carbocycles. The Morgan fingerprint density at radius 3 is 1.53 bits per heavy atom. The third kappa shape index (κ3) is 9.36. The number of nitrogens with zero attached hydrogens (tertiary/aromatic N) is 6. The highest BCUT2D eigenvalue weighted by Crippen LogP contribution is 2.48. The standard InChI is InChI=1S/C30H25N7O16S5/c1-14-3-6-20(24(9-14)56(45,46)47)35-37-29-26(58(51,52)53)12-18-23(55(42,43)44)13-22(28(31)27(18)30(29)38)36-32-16-4-7-19(15(2)10-16)33-34-21-8-5-17(54(39,40)41)11-25(21)57(48,49)50/h3-13,38H,31H2,1-2H3,(H,39,40,41)(H,42,43,44)(H,45,46,47)(H,48,49,50)(H,51,52,53). The van der Waals surface area contributed by atoms with E-state index in [2.05, 4.69) is 30.7 Å². The summed E-state index contributed by atoms with van der Waals surface area (Å²) in [6.07, 6.45) is 0. The van der Waals surface area contributed by atoms with Crippen LogP contribution in [0.1, 0.15) is 11.1 Å². The van der Waals surface area contributed by atoms with Gasteiger partial charge in [0.05, 0.1) is 27.3 Å². The van der Waals surface area contributed by atoms with E-state index in [0.717, 1.165) is 24.3 Å². The Balaban J connectivity index is 1.62. The lowest BCUT2D eigenvalue weighted by molar-refractivity contribution is 0.471. The first-order valence-electron chi connectivity index (χ1n) is 15.2. The summed E-state index contributed by atoms with van der Waals surface area (Å²) in [7, 11) is -25.5. The minimum Gasteiger partial charge on any atom is -0.505 e. The van der Waals surface area contributed by atoms with Crippen molar-refractivity contribution >= 4 is 101 Å². The molecule has 5 rings (SSSR count). The fourth-order valence-corrected chi connectivity index (χ4v) is 8.38. The number of nitrogens with two attached hydrogens (primary N) is 1. The highest BCUT2D eigenvalue weighted by atomic mass is 32.2. The summed E-state index contributed by atoms with van der Waals surface area (Å²) in [5, 5.41) is 32.5. The van der Waals surface area contributed by atoms with Gasteiger partial charge in [-0.05, 0) is 85.6 Å². The van der Waals surface area contributed by atoms with Crippen molar-refractivity contribution in [3.8, 4) is 5.75 Å². The Labute approximate surface area is 328 Å². The lowest BCUT2D eigenvalue weighted by Gasteiger charge is -2.14. The molecule has 0 aliphatic rings. The number of aromatic hydroxyl groups is 1. The molecule has 306 valence electrons. The molecule has 0 unspecified atom stereocenters. The molecule has 58 heavy (non-hydrogen) atoms. The molecule has 0 aliphatic heterocycles. The molecule has 5 aromatic rings. The van der Waals surface area contributed by atoms with Crippen LogP contribution >= 0.6 is 0 Å². The van der Waals surface area contributed by atoms with Crippen LogP contribution in [0, 0.1) is 13.8 Å². The Morgan fingerprint density at radius 2 is 0.983 bits per heavy atom. The van der Waals surface area contributed by atoms with E-state index in [1.54, 1.807) is 0 Å². The lowest BCUT2D eigenvalue weighted by atomic mass is 10.0. The van der Waals surface area contributed by atoms with Gasteiger partial charge in [0.25, 0.3) is 50.6 Å². The van der Waals surface area contributed by atoms with E-state index in [9.17, 15) is 70.0 Å². The van der Waals surface area contributed by atoms with Crippen LogP contribution in [0.4, 0.5) is 39.8 Å². The monoisotopic (exact) mass is 899 g/mol. The summed E-state index contributed by atoms with van der Waals surface area (Å²) in [4.78, 5) is -4.95. The number of hydrogen-bond donors (Lipinski definition) is 7. The van der Waals surface area contributed by atoms with Crippen LogP contribution in [-0.4, -0.2) is 70.0 Å². The van der Waals surface area contributed by atoms with Gasteiger partial charge in [0.2, 0.25) is 0 Å². The first-order valence-corrected chi connectivity index (χ1v) is 22.4. The van der Waals surface area contributed by atoms with Gasteiger partial charge in [-0.3, -0.25) is 22.8 Å². The summed E-state index contributed by atoms with van der Waals surface area (Å²) >= 11 is 0. The van der Waals surface area contributed by atoms with Gasteiger partial charge in [0, 0.05) is 5.39 Å². The molecule has 0 amide bonds. The average molecular weight is 900 g/mol. The number of nitrogen functional groups attached to an aromatic ring is 1. The van der Waals surface area contributed by atoms with Crippen molar-refractivity contribution in [1.82, 2.24) is 0 Å². The van der Waals surface area contributed by atoms with Gasteiger partial charge in [-0.2, -0.15) is 52.3 Å². The molecule has 0 aromatic heterocycles. The van der Waals surface area contributed by atoms with Crippen molar-refractivity contribution in [2.75, 3.05) is 5.73 Å². The number of benzene rings is 5. The number of fused-ring (bicyclic) bond motifs is 1. The number of rotatable bonds is 11. The maximum Gasteiger partial charge on any atom is 0.296 e. The van der Waals surface area contributed by atoms with Crippen molar-refractivity contribution in [2.45, 2.75) is 38.3 Å². The Kier molecular flexibility index (Phi) is 11.4. The summed E-state index contributed by atoms with van der Waals surface area (Å²) in [5.41, 5.74) is 3.70. The number of phenolic OH excluding ortho intramolecular Hbond substituents is 1. The maximum atomic E-state index is 12.5. The summed E-state index contributed by atoms with van der Waals surface area (Å²) in [5.74, 6) is -1.25. The number of azo groups is 3. The molecule has 0 spiro atoms. The molecule has 0 aliphatic carbocycles. The molecule has 5 aromatic carbocycles. The van der Waals surface area contributed by atoms with E-state index in [0.29, 0.717) is 29.3 Å². The Bertz CT molecular complexity index is 3240.